The molecule has 54 valence electrons. The zero-order valence-electron chi connectivity index (χ0n) is 5.42. The summed E-state index contributed by atoms with van der Waals surface area (Å²) in [4.78, 5) is 0. The number of hydrogen-bond acceptors (Lipinski definition) is 3. The Labute approximate surface area is 55.7 Å². The molecule has 0 aromatic rings. The number of sulfone groups is 1. The maximum atomic E-state index is 10.6. The maximum absolute atomic E-state index is 10.6. The molecule has 0 aromatic carbocycles. The van der Waals surface area contributed by atoms with E-state index in [-0.39, 0.29) is 5.75 Å². The fourth-order valence-corrected chi connectivity index (χ4v) is 0.983. The summed E-state index contributed by atoms with van der Waals surface area (Å²) in [5.41, 5.74) is 0. The Morgan fingerprint density at radius 2 is 2.22 bits per heavy atom. The zero-order chi connectivity index (χ0) is 7.33. The van der Waals surface area contributed by atoms with Crippen molar-refractivity contribution in [2.45, 2.75) is 0 Å². The summed E-state index contributed by atoms with van der Waals surface area (Å²) in [6.45, 7) is 3.65. The summed E-state index contributed by atoms with van der Waals surface area (Å²) in [6, 6.07) is 0. The Morgan fingerprint density at radius 3 is 2.56 bits per heavy atom. The highest BCUT2D eigenvalue weighted by atomic mass is 32.2. The molecule has 1 N–H and O–H groups in total. The Kier molecular flexibility index (Phi) is 3.49. The summed E-state index contributed by atoms with van der Waals surface area (Å²) in [5, 5.41) is 3.71. The highest BCUT2D eigenvalue weighted by molar-refractivity contribution is 7.94. The fourth-order valence-electron chi connectivity index (χ4n) is 0.328. The molecule has 0 saturated carbocycles. The number of rotatable bonds is 4. The second kappa shape index (κ2) is 3.63. The minimum atomic E-state index is -2.98. The van der Waals surface area contributed by atoms with E-state index >= 15 is 0 Å². The van der Waals surface area contributed by atoms with E-state index in [0.29, 0.717) is 6.54 Å². The van der Waals surface area contributed by atoms with Crippen LogP contribution in [0.4, 0.5) is 0 Å². The van der Waals surface area contributed by atoms with Crippen LogP contribution < -0.4 is 5.32 Å². The summed E-state index contributed by atoms with van der Waals surface area (Å²) in [5.74, 6) is 0.132. The molecule has 0 fully saturated rings. The largest absolute Gasteiger partial charge is 0.319 e. The molecule has 0 amide bonds. The van der Waals surface area contributed by atoms with Gasteiger partial charge in [-0.05, 0) is 7.05 Å². The van der Waals surface area contributed by atoms with Crippen LogP contribution in [0, 0.1) is 0 Å². The third kappa shape index (κ3) is 4.17. The van der Waals surface area contributed by atoms with Gasteiger partial charge in [-0.25, -0.2) is 8.42 Å². The van der Waals surface area contributed by atoms with Gasteiger partial charge in [-0.15, -0.1) is 0 Å². The third-order valence-electron chi connectivity index (χ3n) is 0.891. The number of nitrogens with one attached hydrogen (secondary N) is 1. The van der Waals surface area contributed by atoms with E-state index in [9.17, 15) is 8.42 Å². The van der Waals surface area contributed by atoms with E-state index in [0.717, 1.165) is 5.41 Å². The lowest BCUT2D eigenvalue weighted by atomic mass is 10.8. The van der Waals surface area contributed by atoms with Gasteiger partial charge >= 0.3 is 0 Å². The minimum absolute atomic E-state index is 0.132. The Balaban J connectivity index is 3.75. The van der Waals surface area contributed by atoms with Gasteiger partial charge in [0.1, 0.15) is 0 Å². The Bertz CT molecular complexity index is 171. The molecule has 0 aliphatic carbocycles. The van der Waals surface area contributed by atoms with Crippen LogP contribution in [0.25, 0.3) is 0 Å². The molecule has 0 aliphatic rings. The molecule has 3 nitrogen and oxygen atoms in total. The van der Waals surface area contributed by atoms with E-state index in [4.69, 9.17) is 0 Å². The van der Waals surface area contributed by atoms with Crippen molar-refractivity contribution in [1.29, 1.82) is 0 Å². The Hall–Kier alpha value is -0.350. The molecule has 0 rings (SSSR count). The van der Waals surface area contributed by atoms with Crippen molar-refractivity contribution >= 4 is 9.84 Å². The molecule has 0 aromatic heterocycles. The van der Waals surface area contributed by atoms with Gasteiger partial charge < -0.3 is 5.32 Å². The van der Waals surface area contributed by atoms with Gasteiger partial charge in [0, 0.05) is 12.0 Å². The maximum Gasteiger partial charge on any atom is 0.172 e. The molecule has 4 heteroatoms. The van der Waals surface area contributed by atoms with E-state index < -0.39 is 9.84 Å². The van der Waals surface area contributed by atoms with Crippen LogP contribution in [0.5, 0.6) is 0 Å². The van der Waals surface area contributed by atoms with E-state index in [2.05, 4.69) is 11.9 Å². The zero-order valence-corrected chi connectivity index (χ0v) is 6.24. The predicted octanol–water partition coefficient (Wildman–Crippen LogP) is -0.236. The molecule has 0 unspecified atom stereocenters. The highest BCUT2D eigenvalue weighted by Gasteiger charge is 2.00. The van der Waals surface area contributed by atoms with E-state index in [1.807, 2.05) is 0 Å². The summed E-state index contributed by atoms with van der Waals surface area (Å²) in [6.07, 6.45) is 0. The predicted molar refractivity (Wildman–Crippen MR) is 37.9 cm³/mol. The van der Waals surface area contributed by atoms with Crippen molar-refractivity contribution in [1.82, 2.24) is 5.32 Å². The van der Waals surface area contributed by atoms with Crippen LogP contribution in [0.15, 0.2) is 12.0 Å². The average Bonchev–Trinajstić information content (AvgIpc) is 1.84. The SMILES string of the molecule is C=CS(=O)(=O)CCNC. The van der Waals surface area contributed by atoms with Crippen LogP contribution in [0.2, 0.25) is 0 Å². The van der Waals surface area contributed by atoms with Crippen LogP contribution in [0.3, 0.4) is 0 Å². The quantitative estimate of drug-likeness (QED) is 0.600. The molecule has 0 radical (unpaired) electrons. The molecule has 0 aliphatic heterocycles. The van der Waals surface area contributed by atoms with Crippen molar-refractivity contribution in [3.63, 3.8) is 0 Å². The molecule has 9 heavy (non-hydrogen) atoms. The van der Waals surface area contributed by atoms with Crippen molar-refractivity contribution in [2.24, 2.45) is 0 Å². The van der Waals surface area contributed by atoms with Gasteiger partial charge in [-0.3, -0.25) is 0 Å². The second-order valence-electron chi connectivity index (χ2n) is 1.64. The van der Waals surface area contributed by atoms with Crippen molar-refractivity contribution in [3.8, 4) is 0 Å². The van der Waals surface area contributed by atoms with Gasteiger partial charge in [-0.1, -0.05) is 6.58 Å². The summed E-state index contributed by atoms with van der Waals surface area (Å²) >= 11 is 0. The van der Waals surface area contributed by atoms with Crippen molar-refractivity contribution in [2.75, 3.05) is 19.3 Å². The van der Waals surface area contributed by atoms with Crippen LogP contribution in [0.1, 0.15) is 0 Å². The molecular weight excluding hydrogens is 138 g/mol. The molecule has 0 spiro atoms. The van der Waals surface area contributed by atoms with E-state index in [1.165, 1.54) is 0 Å². The highest BCUT2D eigenvalue weighted by Crippen LogP contribution is 1.86. The first kappa shape index (κ1) is 8.65. The van der Waals surface area contributed by atoms with Crippen LogP contribution >= 0.6 is 0 Å². The van der Waals surface area contributed by atoms with Gasteiger partial charge in [-0.2, -0.15) is 0 Å². The monoisotopic (exact) mass is 149 g/mol. The third-order valence-corrected chi connectivity index (χ3v) is 2.17. The minimum Gasteiger partial charge on any atom is -0.319 e. The lowest BCUT2D eigenvalue weighted by Gasteiger charge is -1.94. The van der Waals surface area contributed by atoms with Gasteiger partial charge in [0.25, 0.3) is 0 Å². The molecule has 0 heterocycles. The first-order chi connectivity index (χ1) is 4.12. The lowest BCUT2D eigenvalue weighted by Crippen LogP contribution is -2.17. The van der Waals surface area contributed by atoms with Gasteiger partial charge in [0.05, 0.1) is 5.75 Å². The smallest absolute Gasteiger partial charge is 0.172 e. The Morgan fingerprint density at radius 1 is 1.67 bits per heavy atom. The normalized spacial score (nSPS) is 11.2. The van der Waals surface area contributed by atoms with Gasteiger partial charge in [0.15, 0.2) is 9.84 Å². The summed E-state index contributed by atoms with van der Waals surface area (Å²) in [7, 11) is -1.27. The van der Waals surface area contributed by atoms with Crippen molar-refractivity contribution < 1.29 is 8.42 Å². The van der Waals surface area contributed by atoms with E-state index in [1.54, 1.807) is 7.05 Å². The fraction of sp³-hybridized carbons (Fsp3) is 0.600. The number of hydrogen-bond donors (Lipinski definition) is 1. The first-order valence-electron chi connectivity index (χ1n) is 2.62. The molecule has 0 saturated heterocycles. The van der Waals surface area contributed by atoms with Crippen LogP contribution in [-0.4, -0.2) is 27.8 Å². The summed E-state index contributed by atoms with van der Waals surface area (Å²) < 4.78 is 21.2. The van der Waals surface area contributed by atoms with Gasteiger partial charge in [0.2, 0.25) is 0 Å². The first-order valence-corrected chi connectivity index (χ1v) is 4.33. The average molecular weight is 149 g/mol. The topological polar surface area (TPSA) is 46.2 Å². The van der Waals surface area contributed by atoms with Crippen molar-refractivity contribution in [3.05, 3.63) is 12.0 Å². The lowest BCUT2D eigenvalue weighted by molar-refractivity contribution is 0.602. The molecular formula is C5H11NO2S. The van der Waals surface area contributed by atoms with Crippen LogP contribution in [-0.2, 0) is 9.84 Å². The molecule has 0 atom stereocenters. The second-order valence-corrected chi connectivity index (χ2v) is 3.70. The standard InChI is InChI=1S/C5H11NO2S/c1-3-9(7,8)5-4-6-2/h3,6H,1,4-5H2,2H3. The molecule has 0 bridgehead atoms.